The normalized spacial score (nSPS) is 10.8. The van der Waals surface area contributed by atoms with Gasteiger partial charge in [-0.25, -0.2) is 13.4 Å². The molecule has 0 spiro atoms. The first kappa shape index (κ1) is 14.3. The summed E-state index contributed by atoms with van der Waals surface area (Å²) in [5.41, 5.74) is 0.785. The van der Waals surface area contributed by atoms with Crippen LogP contribution in [0.1, 0.15) is 11.1 Å². The maximum absolute atomic E-state index is 12.1. The lowest BCUT2D eigenvalue weighted by atomic mass is 10.2. The minimum absolute atomic E-state index is 0.0294. The molecule has 0 saturated carbocycles. The third kappa shape index (κ3) is 2.90. The fourth-order valence-electron chi connectivity index (χ4n) is 1.62. The Morgan fingerprint density at radius 3 is 2.50 bits per heavy atom. The second-order valence-corrected chi connectivity index (χ2v) is 6.06. The highest BCUT2D eigenvalue weighted by Crippen LogP contribution is 2.22. The van der Waals surface area contributed by atoms with Crippen molar-refractivity contribution in [2.75, 3.05) is 4.72 Å². The third-order valence-electron chi connectivity index (χ3n) is 2.58. The van der Waals surface area contributed by atoms with Crippen molar-refractivity contribution in [3.8, 4) is 6.07 Å². The molecule has 5 nitrogen and oxygen atoms in total. The van der Waals surface area contributed by atoms with E-state index in [1.165, 1.54) is 18.2 Å². The van der Waals surface area contributed by atoms with Crippen molar-refractivity contribution >= 4 is 27.4 Å². The van der Waals surface area contributed by atoms with E-state index >= 15 is 0 Å². The Bertz CT molecular complexity index is 760. The zero-order chi connectivity index (χ0) is 14.8. The van der Waals surface area contributed by atoms with E-state index in [4.69, 9.17) is 16.9 Å². The lowest BCUT2D eigenvalue weighted by Gasteiger charge is -2.09. The molecule has 20 heavy (non-hydrogen) atoms. The van der Waals surface area contributed by atoms with E-state index in [0.29, 0.717) is 5.56 Å². The van der Waals surface area contributed by atoms with Crippen LogP contribution < -0.4 is 4.72 Å². The number of rotatable bonds is 3. The average Bonchev–Trinajstić information content (AvgIpc) is 2.39. The summed E-state index contributed by atoms with van der Waals surface area (Å²) < 4.78 is 26.6. The van der Waals surface area contributed by atoms with E-state index in [2.05, 4.69) is 9.71 Å². The summed E-state index contributed by atoms with van der Waals surface area (Å²) in [7, 11) is -3.72. The van der Waals surface area contributed by atoms with E-state index in [1.807, 2.05) is 6.07 Å². The highest BCUT2D eigenvalue weighted by Gasteiger charge is 2.16. The number of aryl methyl sites for hydroxylation is 1. The molecule has 2 aromatic rings. The quantitative estimate of drug-likeness (QED) is 0.884. The molecule has 0 atom stereocenters. The van der Waals surface area contributed by atoms with Crippen molar-refractivity contribution in [1.29, 1.82) is 5.26 Å². The van der Waals surface area contributed by atoms with Crippen molar-refractivity contribution < 1.29 is 8.42 Å². The van der Waals surface area contributed by atoms with Gasteiger partial charge < -0.3 is 0 Å². The number of nitrogens with zero attached hydrogens (tertiary/aromatic N) is 2. The van der Waals surface area contributed by atoms with Gasteiger partial charge in [-0.15, -0.1) is 0 Å². The first-order valence-electron chi connectivity index (χ1n) is 5.59. The zero-order valence-corrected chi connectivity index (χ0v) is 12.0. The molecule has 0 aliphatic heterocycles. The van der Waals surface area contributed by atoms with Crippen LogP contribution in [0.5, 0.6) is 0 Å². The highest BCUT2D eigenvalue weighted by molar-refractivity contribution is 7.92. The molecule has 1 aromatic carbocycles. The average molecular weight is 308 g/mol. The predicted octanol–water partition coefficient (Wildman–Crippen LogP) is 2.72. The second kappa shape index (κ2) is 5.49. The molecule has 0 fully saturated rings. The highest BCUT2D eigenvalue weighted by atomic mass is 35.5. The number of anilines is 1. The van der Waals surface area contributed by atoms with Crippen LogP contribution in [-0.2, 0) is 10.0 Å². The Morgan fingerprint density at radius 1 is 1.30 bits per heavy atom. The van der Waals surface area contributed by atoms with Gasteiger partial charge in [0.25, 0.3) is 10.0 Å². The molecule has 0 radical (unpaired) electrons. The van der Waals surface area contributed by atoms with Crippen molar-refractivity contribution in [3.63, 3.8) is 0 Å². The number of hydrogen-bond donors (Lipinski definition) is 1. The maximum atomic E-state index is 12.1. The van der Waals surface area contributed by atoms with Gasteiger partial charge in [0.05, 0.1) is 10.5 Å². The van der Waals surface area contributed by atoms with Gasteiger partial charge in [-0.2, -0.15) is 5.26 Å². The van der Waals surface area contributed by atoms with Gasteiger partial charge in [0, 0.05) is 0 Å². The van der Waals surface area contributed by atoms with Gasteiger partial charge in [0.15, 0.2) is 0 Å². The van der Waals surface area contributed by atoms with Crippen LogP contribution in [0.2, 0.25) is 5.15 Å². The van der Waals surface area contributed by atoms with Gasteiger partial charge in [0.1, 0.15) is 17.0 Å². The summed E-state index contributed by atoms with van der Waals surface area (Å²) >= 11 is 5.84. The first-order chi connectivity index (χ1) is 9.44. The largest absolute Gasteiger partial charge is 0.263 e. The number of hydrogen-bond acceptors (Lipinski definition) is 4. The Balaban J connectivity index is 2.39. The van der Waals surface area contributed by atoms with Crippen LogP contribution in [0.25, 0.3) is 0 Å². The van der Waals surface area contributed by atoms with E-state index in [0.717, 1.165) is 0 Å². The Kier molecular flexibility index (Phi) is 3.93. The summed E-state index contributed by atoms with van der Waals surface area (Å²) in [6.45, 7) is 1.66. The Morgan fingerprint density at radius 2 is 1.95 bits per heavy atom. The molecule has 0 saturated heterocycles. The van der Waals surface area contributed by atoms with Gasteiger partial charge in [-0.05, 0) is 30.7 Å². The minimum atomic E-state index is -3.72. The molecule has 1 heterocycles. The van der Waals surface area contributed by atoms with E-state index in [9.17, 15) is 8.42 Å². The van der Waals surface area contributed by atoms with Gasteiger partial charge in [-0.3, -0.25) is 4.72 Å². The van der Waals surface area contributed by atoms with E-state index in [-0.39, 0.29) is 21.4 Å². The molecule has 0 unspecified atom stereocenters. The molecular formula is C13H10ClN3O2S. The lowest BCUT2D eigenvalue weighted by molar-refractivity contribution is 0.601. The number of pyridine rings is 1. The zero-order valence-electron chi connectivity index (χ0n) is 10.5. The molecule has 0 bridgehead atoms. The standard InChI is InChI=1S/C13H10ClN3O2S/c1-9-7-12(16-13(14)11(9)8-15)17-20(18,19)10-5-3-2-4-6-10/h2-7H,1H3,(H,16,17). The maximum Gasteiger partial charge on any atom is 0.263 e. The fraction of sp³-hybridized carbons (Fsp3) is 0.0769. The van der Waals surface area contributed by atoms with Crippen LogP contribution in [-0.4, -0.2) is 13.4 Å². The topological polar surface area (TPSA) is 82.8 Å². The molecule has 102 valence electrons. The molecule has 0 aliphatic carbocycles. The number of sulfonamides is 1. The van der Waals surface area contributed by atoms with Crippen LogP contribution in [0, 0.1) is 18.3 Å². The van der Waals surface area contributed by atoms with E-state index < -0.39 is 10.0 Å². The summed E-state index contributed by atoms with van der Waals surface area (Å²) in [6, 6.07) is 11.3. The van der Waals surface area contributed by atoms with Crippen molar-refractivity contribution in [2.45, 2.75) is 11.8 Å². The molecule has 2 rings (SSSR count). The number of nitrogens with one attached hydrogen (secondary N) is 1. The first-order valence-corrected chi connectivity index (χ1v) is 7.45. The molecule has 0 aliphatic rings. The smallest absolute Gasteiger partial charge is 0.263 e. The van der Waals surface area contributed by atoms with Gasteiger partial charge in [-0.1, -0.05) is 29.8 Å². The van der Waals surface area contributed by atoms with Gasteiger partial charge in [0.2, 0.25) is 0 Å². The minimum Gasteiger partial charge on any atom is -0.263 e. The SMILES string of the molecule is Cc1cc(NS(=O)(=O)c2ccccc2)nc(Cl)c1C#N. The summed E-state index contributed by atoms with van der Waals surface area (Å²) in [5, 5.41) is 8.86. The lowest BCUT2D eigenvalue weighted by Crippen LogP contribution is -2.14. The number of nitriles is 1. The molecule has 0 amide bonds. The summed E-state index contributed by atoms with van der Waals surface area (Å²) in [4.78, 5) is 3.99. The van der Waals surface area contributed by atoms with Crippen molar-refractivity contribution in [2.24, 2.45) is 0 Å². The third-order valence-corrected chi connectivity index (χ3v) is 4.22. The molecular weight excluding hydrogens is 298 g/mol. The summed E-state index contributed by atoms with van der Waals surface area (Å²) in [6.07, 6.45) is 0. The van der Waals surface area contributed by atoms with Crippen LogP contribution in [0.3, 0.4) is 0 Å². The van der Waals surface area contributed by atoms with E-state index in [1.54, 1.807) is 25.1 Å². The molecule has 1 aromatic heterocycles. The Labute approximate surface area is 121 Å². The van der Waals surface area contributed by atoms with Crippen LogP contribution in [0.15, 0.2) is 41.3 Å². The van der Waals surface area contributed by atoms with Crippen molar-refractivity contribution in [3.05, 3.63) is 52.7 Å². The number of halogens is 1. The van der Waals surface area contributed by atoms with Crippen LogP contribution in [0.4, 0.5) is 5.82 Å². The van der Waals surface area contributed by atoms with Gasteiger partial charge >= 0.3 is 0 Å². The van der Waals surface area contributed by atoms with Crippen LogP contribution >= 0.6 is 11.6 Å². The predicted molar refractivity (Wildman–Crippen MR) is 75.9 cm³/mol. The second-order valence-electron chi connectivity index (χ2n) is 4.02. The summed E-state index contributed by atoms with van der Waals surface area (Å²) in [5.74, 6) is 0.0790. The molecule has 7 heteroatoms. The monoisotopic (exact) mass is 307 g/mol. The number of aromatic nitrogens is 1. The Hall–Kier alpha value is -2.10. The fourth-order valence-corrected chi connectivity index (χ4v) is 2.91. The molecule has 1 N–H and O–H groups in total. The van der Waals surface area contributed by atoms with Crippen molar-refractivity contribution in [1.82, 2.24) is 4.98 Å². The number of benzene rings is 1.